The minimum Gasteiger partial charge on any atom is -0.418 e. The van der Waals surface area contributed by atoms with E-state index in [9.17, 15) is 4.79 Å². The molecule has 0 radical (unpaired) electrons. The van der Waals surface area contributed by atoms with Gasteiger partial charge in [0.25, 0.3) is 0 Å². The van der Waals surface area contributed by atoms with Crippen molar-refractivity contribution in [2.45, 2.75) is 32.3 Å². The minimum absolute atomic E-state index is 0.374. The Morgan fingerprint density at radius 2 is 2.06 bits per heavy atom. The van der Waals surface area contributed by atoms with Gasteiger partial charge in [0.15, 0.2) is 11.9 Å². The van der Waals surface area contributed by atoms with Crippen LogP contribution in [-0.4, -0.2) is 6.16 Å². The molecule has 17 heavy (non-hydrogen) atoms. The van der Waals surface area contributed by atoms with Gasteiger partial charge in [0.2, 0.25) is 0 Å². The summed E-state index contributed by atoms with van der Waals surface area (Å²) in [4.78, 5) is 11.2. The highest BCUT2D eigenvalue weighted by atomic mass is 16.8. The standard InChI is InChI=1S/C14H16O3/c1-2-3-5-10-12-13(17-14(15)16-12)11-8-6-4-7-9-11/h4,6-10,13H,2-3,5H2,1H3/b12-10-. The van der Waals surface area contributed by atoms with Crippen molar-refractivity contribution in [3.8, 4) is 0 Å². The van der Waals surface area contributed by atoms with Gasteiger partial charge in [-0.3, -0.25) is 0 Å². The number of rotatable bonds is 4. The first kappa shape index (κ1) is 11.7. The Balaban J connectivity index is 2.14. The van der Waals surface area contributed by atoms with Gasteiger partial charge >= 0.3 is 6.16 Å². The van der Waals surface area contributed by atoms with Crippen LogP contribution in [-0.2, 0) is 9.47 Å². The molecule has 0 amide bonds. The number of allylic oxidation sites excluding steroid dienone is 1. The van der Waals surface area contributed by atoms with Crippen LogP contribution in [0.3, 0.4) is 0 Å². The third-order valence-electron chi connectivity index (χ3n) is 2.68. The van der Waals surface area contributed by atoms with Crippen LogP contribution in [0, 0.1) is 0 Å². The average molecular weight is 232 g/mol. The molecule has 1 aromatic carbocycles. The number of hydrogen-bond acceptors (Lipinski definition) is 3. The predicted molar refractivity (Wildman–Crippen MR) is 64.4 cm³/mol. The second-order valence-corrected chi connectivity index (χ2v) is 4.01. The van der Waals surface area contributed by atoms with E-state index in [1.165, 1.54) is 0 Å². The molecule has 0 saturated carbocycles. The fourth-order valence-corrected chi connectivity index (χ4v) is 1.79. The number of carbonyl (C=O) groups excluding carboxylic acids is 1. The van der Waals surface area contributed by atoms with E-state index in [1.807, 2.05) is 36.4 Å². The monoisotopic (exact) mass is 232 g/mol. The molecule has 2 rings (SSSR count). The number of hydrogen-bond donors (Lipinski definition) is 0. The van der Waals surface area contributed by atoms with Crippen LogP contribution in [0.2, 0.25) is 0 Å². The van der Waals surface area contributed by atoms with Gasteiger partial charge < -0.3 is 9.47 Å². The van der Waals surface area contributed by atoms with Crippen LogP contribution in [0.4, 0.5) is 4.79 Å². The van der Waals surface area contributed by atoms with Crippen molar-refractivity contribution in [2.24, 2.45) is 0 Å². The van der Waals surface area contributed by atoms with Crippen LogP contribution < -0.4 is 0 Å². The number of cyclic esters (lactones) is 2. The van der Waals surface area contributed by atoms with Crippen LogP contribution in [0.25, 0.3) is 0 Å². The largest absolute Gasteiger partial charge is 0.514 e. The number of unbranched alkanes of at least 4 members (excludes halogenated alkanes) is 2. The molecule has 1 saturated heterocycles. The van der Waals surface area contributed by atoms with Crippen molar-refractivity contribution in [3.05, 3.63) is 47.7 Å². The molecule has 3 heteroatoms. The Morgan fingerprint density at radius 1 is 1.29 bits per heavy atom. The zero-order valence-electron chi connectivity index (χ0n) is 9.89. The van der Waals surface area contributed by atoms with Crippen molar-refractivity contribution in [2.75, 3.05) is 0 Å². The highest BCUT2D eigenvalue weighted by Crippen LogP contribution is 2.33. The maximum Gasteiger partial charge on any atom is 0.514 e. The SMILES string of the molecule is CCCC/C=C1\OC(=O)OC1c1ccccc1. The van der Waals surface area contributed by atoms with Crippen molar-refractivity contribution in [3.63, 3.8) is 0 Å². The molecule has 1 aromatic rings. The van der Waals surface area contributed by atoms with Gasteiger partial charge in [0.05, 0.1) is 0 Å². The van der Waals surface area contributed by atoms with Crippen LogP contribution in [0.5, 0.6) is 0 Å². The van der Waals surface area contributed by atoms with Gasteiger partial charge in [-0.1, -0.05) is 43.7 Å². The first-order valence-corrected chi connectivity index (χ1v) is 5.94. The fraction of sp³-hybridized carbons (Fsp3) is 0.357. The van der Waals surface area contributed by atoms with E-state index in [2.05, 4.69) is 6.92 Å². The van der Waals surface area contributed by atoms with Gasteiger partial charge in [0, 0.05) is 5.56 Å². The second-order valence-electron chi connectivity index (χ2n) is 4.01. The van der Waals surface area contributed by atoms with E-state index in [4.69, 9.17) is 9.47 Å². The molecule has 0 N–H and O–H groups in total. The van der Waals surface area contributed by atoms with E-state index < -0.39 is 6.16 Å². The Kier molecular flexibility index (Phi) is 3.81. The lowest BCUT2D eigenvalue weighted by Gasteiger charge is -2.07. The quantitative estimate of drug-likeness (QED) is 0.582. The van der Waals surface area contributed by atoms with Crippen molar-refractivity contribution in [1.29, 1.82) is 0 Å². The van der Waals surface area contributed by atoms with E-state index in [1.54, 1.807) is 0 Å². The molecule has 3 nitrogen and oxygen atoms in total. The topological polar surface area (TPSA) is 35.5 Å². The summed E-state index contributed by atoms with van der Waals surface area (Å²) in [6, 6.07) is 9.64. The van der Waals surface area contributed by atoms with E-state index in [0.717, 1.165) is 24.8 Å². The summed E-state index contributed by atoms with van der Waals surface area (Å²) >= 11 is 0. The van der Waals surface area contributed by atoms with Crippen LogP contribution in [0.1, 0.15) is 37.9 Å². The van der Waals surface area contributed by atoms with Crippen LogP contribution in [0.15, 0.2) is 42.2 Å². The lowest BCUT2D eigenvalue weighted by atomic mass is 10.1. The summed E-state index contributed by atoms with van der Waals surface area (Å²) in [6.07, 6.45) is 4.08. The molecule has 90 valence electrons. The van der Waals surface area contributed by atoms with Crippen LogP contribution >= 0.6 is 0 Å². The van der Waals surface area contributed by atoms with Gasteiger partial charge in [0.1, 0.15) is 0 Å². The molecule has 0 bridgehead atoms. The average Bonchev–Trinajstić information content (AvgIpc) is 2.72. The molecular weight excluding hydrogens is 216 g/mol. The lowest BCUT2D eigenvalue weighted by molar-refractivity contribution is 0.118. The van der Waals surface area contributed by atoms with Gasteiger partial charge in [-0.15, -0.1) is 0 Å². The Morgan fingerprint density at radius 3 is 2.76 bits per heavy atom. The summed E-state index contributed by atoms with van der Waals surface area (Å²) in [5.41, 5.74) is 0.945. The van der Waals surface area contributed by atoms with E-state index in [-0.39, 0.29) is 6.10 Å². The molecule has 1 aliphatic rings. The smallest absolute Gasteiger partial charge is 0.418 e. The predicted octanol–water partition coefficient (Wildman–Crippen LogP) is 3.97. The molecule has 1 unspecified atom stereocenters. The summed E-state index contributed by atoms with van der Waals surface area (Å²) in [5, 5.41) is 0. The minimum atomic E-state index is -0.610. The Hall–Kier alpha value is -1.77. The molecule has 1 fully saturated rings. The second kappa shape index (κ2) is 5.53. The molecule has 1 atom stereocenters. The molecular formula is C14H16O3. The highest BCUT2D eigenvalue weighted by Gasteiger charge is 2.32. The highest BCUT2D eigenvalue weighted by molar-refractivity contribution is 5.65. The van der Waals surface area contributed by atoms with Gasteiger partial charge in [-0.25, -0.2) is 4.79 Å². The maximum atomic E-state index is 11.2. The van der Waals surface area contributed by atoms with Gasteiger partial charge in [-0.05, 0) is 18.9 Å². The Labute approximate surface area is 101 Å². The first-order valence-electron chi connectivity index (χ1n) is 5.94. The first-order chi connectivity index (χ1) is 8.31. The maximum absolute atomic E-state index is 11.2. The van der Waals surface area contributed by atoms with Crippen molar-refractivity contribution in [1.82, 2.24) is 0 Å². The molecule has 0 spiro atoms. The lowest BCUT2D eigenvalue weighted by Crippen LogP contribution is -1.98. The van der Waals surface area contributed by atoms with Crippen molar-refractivity contribution >= 4 is 6.16 Å². The zero-order valence-corrected chi connectivity index (χ0v) is 9.89. The zero-order chi connectivity index (χ0) is 12.1. The Bertz CT molecular complexity index is 409. The molecule has 0 aliphatic carbocycles. The van der Waals surface area contributed by atoms with Crippen molar-refractivity contribution < 1.29 is 14.3 Å². The fourth-order valence-electron chi connectivity index (χ4n) is 1.79. The number of ether oxygens (including phenoxy) is 2. The number of benzene rings is 1. The summed E-state index contributed by atoms with van der Waals surface area (Å²) in [7, 11) is 0. The molecule has 1 heterocycles. The summed E-state index contributed by atoms with van der Waals surface area (Å²) in [6.45, 7) is 2.13. The molecule has 0 aromatic heterocycles. The van der Waals surface area contributed by atoms with E-state index in [0.29, 0.717) is 5.76 Å². The van der Waals surface area contributed by atoms with Gasteiger partial charge in [-0.2, -0.15) is 0 Å². The summed E-state index contributed by atoms with van der Waals surface area (Å²) < 4.78 is 10.2. The van der Waals surface area contributed by atoms with E-state index >= 15 is 0 Å². The third kappa shape index (κ3) is 2.87. The number of carbonyl (C=O) groups is 1. The third-order valence-corrected chi connectivity index (χ3v) is 2.68. The molecule has 1 aliphatic heterocycles. The summed E-state index contributed by atoms with van der Waals surface area (Å²) in [5.74, 6) is 0.620. The normalized spacial score (nSPS) is 21.4.